The Morgan fingerprint density at radius 2 is 1.95 bits per heavy atom. The lowest BCUT2D eigenvalue weighted by atomic mass is 10.0. The first-order valence-electron chi connectivity index (χ1n) is 7.79. The summed E-state index contributed by atoms with van der Waals surface area (Å²) in [7, 11) is 5.10. The van der Waals surface area contributed by atoms with Gasteiger partial charge in [0.05, 0.1) is 14.2 Å². The molecule has 122 valence electrons. The van der Waals surface area contributed by atoms with Crippen LogP contribution < -0.4 is 14.8 Å². The Bertz CT molecular complexity index is 476. The van der Waals surface area contributed by atoms with Gasteiger partial charge >= 0.3 is 0 Å². The number of carbonyl (C=O) groups excluding carboxylic acids is 1. The van der Waals surface area contributed by atoms with Gasteiger partial charge in [0.25, 0.3) is 0 Å². The number of rotatable bonds is 7. The maximum absolute atomic E-state index is 12.3. The highest BCUT2D eigenvalue weighted by Crippen LogP contribution is 2.23. The Kier molecular flexibility index (Phi) is 6.07. The zero-order valence-corrected chi connectivity index (χ0v) is 13.7. The van der Waals surface area contributed by atoms with E-state index in [1.807, 2.05) is 25.2 Å². The normalized spacial score (nSPS) is 17.3. The van der Waals surface area contributed by atoms with E-state index in [1.54, 1.807) is 19.1 Å². The van der Waals surface area contributed by atoms with Crippen LogP contribution in [0.25, 0.3) is 0 Å². The summed E-state index contributed by atoms with van der Waals surface area (Å²) in [4.78, 5) is 14.0. The van der Waals surface area contributed by atoms with Crippen molar-refractivity contribution in [1.29, 1.82) is 0 Å². The van der Waals surface area contributed by atoms with Gasteiger partial charge in [0.15, 0.2) is 0 Å². The summed E-state index contributed by atoms with van der Waals surface area (Å²) in [5, 5.41) is 3.34. The van der Waals surface area contributed by atoms with E-state index in [4.69, 9.17) is 9.47 Å². The average Bonchev–Trinajstić information content (AvgIpc) is 3.05. The van der Waals surface area contributed by atoms with Crippen molar-refractivity contribution >= 4 is 5.91 Å². The predicted molar refractivity (Wildman–Crippen MR) is 86.2 cm³/mol. The van der Waals surface area contributed by atoms with Crippen LogP contribution in [0.15, 0.2) is 18.2 Å². The highest BCUT2D eigenvalue weighted by Gasteiger charge is 2.17. The first-order chi connectivity index (χ1) is 10.6. The predicted octanol–water partition coefficient (Wildman–Crippen LogP) is 2.05. The molecule has 1 aromatic carbocycles. The number of nitrogens with zero attached hydrogens (tertiary/aromatic N) is 1. The van der Waals surface area contributed by atoms with Gasteiger partial charge in [-0.2, -0.15) is 0 Å². The van der Waals surface area contributed by atoms with Crippen molar-refractivity contribution in [3.8, 4) is 11.5 Å². The van der Waals surface area contributed by atoms with Gasteiger partial charge in [0.2, 0.25) is 5.91 Å². The van der Waals surface area contributed by atoms with E-state index in [-0.39, 0.29) is 5.91 Å². The number of benzene rings is 1. The molecule has 0 aliphatic carbocycles. The second-order valence-corrected chi connectivity index (χ2v) is 5.87. The number of carbonyl (C=O) groups is 1. The lowest BCUT2D eigenvalue weighted by molar-refractivity contribution is -0.130. The molecule has 0 bridgehead atoms. The molecule has 0 saturated carbocycles. The molecule has 1 amide bonds. The number of nitrogens with one attached hydrogen (secondary N) is 1. The third kappa shape index (κ3) is 4.63. The number of ether oxygens (including phenoxy) is 2. The van der Waals surface area contributed by atoms with Crippen molar-refractivity contribution in [2.45, 2.75) is 25.8 Å². The molecule has 5 nitrogen and oxygen atoms in total. The zero-order chi connectivity index (χ0) is 15.9. The molecule has 1 aromatic rings. The molecule has 1 unspecified atom stereocenters. The van der Waals surface area contributed by atoms with Crippen molar-refractivity contribution in [3.63, 3.8) is 0 Å². The minimum atomic E-state index is 0.189. The van der Waals surface area contributed by atoms with Crippen LogP contribution in [0, 0.1) is 5.92 Å². The van der Waals surface area contributed by atoms with Crippen LogP contribution in [0.2, 0.25) is 0 Å². The topological polar surface area (TPSA) is 50.8 Å². The summed E-state index contributed by atoms with van der Waals surface area (Å²) in [6.07, 6.45) is 2.77. The molecule has 1 aliphatic heterocycles. The van der Waals surface area contributed by atoms with E-state index in [0.29, 0.717) is 18.9 Å². The number of amides is 1. The van der Waals surface area contributed by atoms with Crippen LogP contribution in [0.3, 0.4) is 0 Å². The van der Waals surface area contributed by atoms with E-state index in [9.17, 15) is 4.79 Å². The van der Waals surface area contributed by atoms with Crippen LogP contribution in [0.1, 0.15) is 24.8 Å². The van der Waals surface area contributed by atoms with Crippen molar-refractivity contribution in [2.75, 3.05) is 34.4 Å². The van der Waals surface area contributed by atoms with Crippen LogP contribution in [0.5, 0.6) is 11.5 Å². The highest BCUT2D eigenvalue weighted by atomic mass is 16.5. The fourth-order valence-corrected chi connectivity index (χ4v) is 2.80. The van der Waals surface area contributed by atoms with E-state index < -0.39 is 0 Å². The second-order valence-electron chi connectivity index (χ2n) is 5.87. The fraction of sp³-hybridized carbons (Fsp3) is 0.588. The van der Waals surface area contributed by atoms with Crippen molar-refractivity contribution in [2.24, 2.45) is 5.92 Å². The molecule has 5 heteroatoms. The first-order valence-corrected chi connectivity index (χ1v) is 7.79. The summed E-state index contributed by atoms with van der Waals surface area (Å²) < 4.78 is 10.5. The van der Waals surface area contributed by atoms with Crippen LogP contribution >= 0.6 is 0 Å². The Hall–Kier alpha value is -1.75. The molecule has 1 N–H and O–H groups in total. The Morgan fingerprint density at radius 1 is 1.27 bits per heavy atom. The van der Waals surface area contributed by atoms with Gasteiger partial charge in [-0.15, -0.1) is 0 Å². The molecule has 0 spiro atoms. The second kappa shape index (κ2) is 8.03. The largest absolute Gasteiger partial charge is 0.497 e. The minimum Gasteiger partial charge on any atom is -0.497 e. The van der Waals surface area contributed by atoms with Gasteiger partial charge in [-0.1, -0.05) is 0 Å². The quantitative estimate of drug-likeness (QED) is 0.838. The Morgan fingerprint density at radius 3 is 2.50 bits per heavy atom. The van der Waals surface area contributed by atoms with Crippen LogP contribution in [-0.2, 0) is 11.3 Å². The highest BCUT2D eigenvalue weighted by molar-refractivity contribution is 5.75. The molecule has 1 atom stereocenters. The lowest BCUT2D eigenvalue weighted by Crippen LogP contribution is -2.26. The summed E-state index contributed by atoms with van der Waals surface area (Å²) in [5.74, 6) is 2.32. The molecule has 1 fully saturated rings. The first kappa shape index (κ1) is 16.6. The third-order valence-corrected chi connectivity index (χ3v) is 4.19. The van der Waals surface area contributed by atoms with Crippen molar-refractivity contribution in [1.82, 2.24) is 10.2 Å². The number of hydrogen-bond donors (Lipinski definition) is 1. The smallest absolute Gasteiger partial charge is 0.222 e. The summed E-state index contributed by atoms with van der Waals surface area (Å²) in [6, 6.07) is 5.71. The third-order valence-electron chi connectivity index (χ3n) is 4.19. The molecule has 0 aromatic heterocycles. The molecule has 1 heterocycles. The standard InChI is InChI=1S/C17H26N2O3/c1-19(17(20)5-4-13-6-7-18-11-13)12-14-8-15(21-2)10-16(9-14)22-3/h8-10,13,18H,4-7,11-12H2,1-3H3. The van der Waals surface area contributed by atoms with Gasteiger partial charge in [-0.25, -0.2) is 0 Å². The Balaban J connectivity index is 1.89. The number of methoxy groups -OCH3 is 2. The van der Waals surface area contributed by atoms with E-state index >= 15 is 0 Å². The maximum Gasteiger partial charge on any atom is 0.222 e. The maximum atomic E-state index is 12.3. The molecular weight excluding hydrogens is 280 g/mol. The molecule has 22 heavy (non-hydrogen) atoms. The van der Waals surface area contributed by atoms with E-state index in [2.05, 4.69) is 5.32 Å². The van der Waals surface area contributed by atoms with Crippen LogP contribution in [0.4, 0.5) is 0 Å². The van der Waals surface area contributed by atoms with Gasteiger partial charge in [-0.3, -0.25) is 4.79 Å². The minimum absolute atomic E-state index is 0.189. The van der Waals surface area contributed by atoms with Crippen LogP contribution in [-0.4, -0.2) is 45.2 Å². The van der Waals surface area contributed by atoms with Gasteiger partial charge in [-0.05, 0) is 49.5 Å². The molecule has 2 rings (SSSR count). The zero-order valence-electron chi connectivity index (χ0n) is 13.7. The summed E-state index contributed by atoms with van der Waals surface area (Å²) in [6.45, 7) is 2.69. The molecule has 0 radical (unpaired) electrons. The Labute approximate surface area is 132 Å². The van der Waals surface area contributed by atoms with E-state index in [0.717, 1.165) is 36.6 Å². The SMILES string of the molecule is COc1cc(CN(C)C(=O)CCC2CCNC2)cc(OC)c1. The van der Waals surface area contributed by atoms with Gasteiger partial charge in [0.1, 0.15) is 11.5 Å². The van der Waals surface area contributed by atoms with Gasteiger partial charge < -0.3 is 19.7 Å². The average molecular weight is 306 g/mol. The summed E-state index contributed by atoms with van der Waals surface area (Å²) in [5.41, 5.74) is 1.01. The van der Waals surface area contributed by atoms with E-state index in [1.165, 1.54) is 6.42 Å². The lowest BCUT2D eigenvalue weighted by Gasteiger charge is -2.19. The molecule has 1 saturated heterocycles. The fourth-order valence-electron chi connectivity index (χ4n) is 2.80. The van der Waals surface area contributed by atoms with Crippen molar-refractivity contribution in [3.05, 3.63) is 23.8 Å². The van der Waals surface area contributed by atoms with Gasteiger partial charge in [0, 0.05) is 26.1 Å². The monoisotopic (exact) mass is 306 g/mol. The number of hydrogen-bond acceptors (Lipinski definition) is 4. The molecule has 1 aliphatic rings. The summed E-state index contributed by atoms with van der Waals surface area (Å²) >= 11 is 0. The molecular formula is C17H26N2O3. The van der Waals surface area contributed by atoms with Crippen molar-refractivity contribution < 1.29 is 14.3 Å².